The summed E-state index contributed by atoms with van der Waals surface area (Å²) in [7, 11) is 4.88. The van der Waals surface area contributed by atoms with Gasteiger partial charge in [0, 0.05) is 31.7 Å². The highest BCUT2D eigenvalue weighted by atomic mass is 16.5. The lowest BCUT2D eigenvalue weighted by molar-refractivity contribution is 0.0661. The summed E-state index contributed by atoms with van der Waals surface area (Å²) in [4.78, 5) is 26.7. The highest BCUT2D eigenvalue weighted by Gasteiger charge is 2.21. The number of aromatic carboxylic acids is 1. The summed E-state index contributed by atoms with van der Waals surface area (Å²) in [5.74, 6) is -0.588. The Bertz CT molecular complexity index is 893. The zero-order chi connectivity index (χ0) is 22.3. The summed E-state index contributed by atoms with van der Waals surface area (Å²) >= 11 is 0. The molecule has 9 heteroatoms. The Hall–Kier alpha value is -3.46. The number of phenols is 2. The first-order valence-electron chi connectivity index (χ1n) is 9.22. The Balaban J connectivity index is 0.000000232. The molecule has 3 N–H and O–H groups in total. The summed E-state index contributed by atoms with van der Waals surface area (Å²) in [6, 6.07) is 8.54. The summed E-state index contributed by atoms with van der Waals surface area (Å²) in [5.41, 5.74) is 0.638. The van der Waals surface area contributed by atoms with Gasteiger partial charge in [0.1, 0.15) is 0 Å². The normalized spacial score (nSPS) is 13.8. The first-order valence-corrected chi connectivity index (χ1v) is 9.22. The number of phenolic OH excluding ortho intramolecular Hbond substituents is 2. The SMILES string of the molecule is COc1cc(C(=O)N2CCN(C)CC2)ccc1O.COc1cc(C(=O)O)ccc1O. The number of piperazine rings is 1. The molecule has 1 saturated heterocycles. The number of carboxylic acids is 1. The molecule has 9 nitrogen and oxygen atoms in total. The second-order valence-electron chi connectivity index (χ2n) is 6.67. The molecule has 2 aromatic rings. The van der Waals surface area contributed by atoms with Gasteiger partial charge < -0.3 is 34.6 Å². The molecule has 0 spiro atoms. The van der Waals surface area contributed by atoms with Crippen LogP contribution in [0.2, 0.25) is 0 Å². The Morgan fingerprint density at radius 1 is 0.833 bits per heavy atom. The molecule has 2 aromatic carbocycles. The van der Waals surface area contributed by atoms with Crippen molar-refractivity contribution in [3.05, 3.63) is 47.5 Å². The number of amides is 1. The minimum Gasteiger partial charge on any atom is -0.504 e. The fraction of sp³-hybridized carbons (Fsp3) is 0.333. The molecule has 162 valence electrons. The lowest BCUT2D eigenvalue weighted by Crippen LogP contribution is -2.47. The maximum atomic E-state index is 12.3. The number of hydrogen-bond donors (Lipinski definition) is 3. The molecule has 0 atom stereocenters. The van der Waals surface area contributed by atoms with Gasteiger partial charge in [-0.2, -0.15) is 0 Å². The number of nitrogens with zero attached hydrogens (tertiary/aromatic N) is 2. The van der Waals surface area contributed by atoms with E-state index in [2.05, 4.69) is 4.90 Å². The van der Waals surface area contributed by atoms with Crippen molar-refractivity contribution in [3.63, 3.8) is 0 Å². The van der Waals surface area contributed by atoms with E-state index in [-0.39, 0.29) is 28.7 Å². The second-order valence-corrected chi connectivity index (χ2v) is 6.67. The number of carbonyl (C=O) groups excluding carboxylic acids is 1. The molecule has 0 radical (unpaired) electrons. The summed E-state index contributed by atoms with van der Waals surface area (Å²) in [6.45, 7) is 3.25. The second kappa shape index (κ2) is 10.4. The van der Waals surface area contributed by atoms with Crippen molar-refractivity contribution in [2.75, 3.05) is 47.4 Å². The number of ether oxygens (including phenoxy) is 2. The number of methoxy groups -OCH3 is 2. The standard InChI is InChI=1S/C13H18N2O3.C8H8O4/c1-14-5-7-15(8-6-14)13(17)10-3-4-11(16)12(9-10)18-2;1-12-7-4-5(8(10)11)2-3-6(7)9/h3-4,9,16H,5-8H2,1-2H3;2-4,9H,1H3,(H,10,11). The number of benzene rings is 2. The number of hydrogen-bond acceptors (Lipinski definition) is 7. The smallest absolute Gasteiger partial charge is 0.335 e. The lowest BCUT2D eigenvalue weighted by atomic mass is 10.1. The summed E-state index contributed by atoms with van der Waals surface area (Å²) < 4.78 is 9.73. The van der Waals surface area contributed by atoms with E-state index in [1.807, 2.05) is 11.9 Å². The molecular formula is C21H26N2O7. The zero-order valence-corrected chi connectivity index (χ0v) is 17.2. The van der Waals surface area contributed by atoms with E-state index in [1.54, 1.807) is 12.1 Å². The van der Waals surface area contributed by atoms with Crippen LogP contribution in [0.5, 0.6) is 23.0 Å². The first-order chi connectivity index (χ1) is 14.3. The van der Waals surface area contributed by atoms with E-state index in [4.69, 9.17) is 19.7 Å². The van der Waals surface area contributed by atoms with Crippen LogP contribution in [0.25, 0.3) is 0 Å². The quantitative estimate of drug-likeness (QED) is 0.689. The Kier molecular flexibility index (Phi) is 7.88. The van der Waals surface area contributed by atoms with Gasteiger partial charge in [-0.05, 0) is 43.4 Å². The first kappa shape index (κ1) is 22.8. The van der Waals surface area contributed by atoms with Gasteiger partial charge in [0.05, 0.1) is 19.8 Å². The van der Waals surface area contributed by atoms with Crippen LogP contribution in [0.15, 0.2) is 36.4 Å². The van der Waals surface area contributed by atoms with Crippen LogP contribution < -0.4 is 9.47 Å². The third kappa shape index (κ3) is 5.77. The highest BCUT2D eigenvalue weighted by molar-refractivity contribution is 5.95. The van der Waals surface area contributed by atoms with Gasteiger partial charge in [0.15, 0.2) is 23.0 Å². The Labute approximate surface area is 174 Å². The molecule has 0 unspecified atom stereocenters. The van der Waals surface area contributed by atoms with Crippen molar-refractivity contribution in [2.45, 2.75) is 0 Å². The molecule has 1 aliphatic heterocycles. The van der Waals surface area contributed by atoms with Gasteiger partial charge in [-0.25, -0.2) is 4.79 Å². The van der Waals surface area contributed by atoms with Gasteiger partial charge in [-0.15, -0.1) is 0 Å². The molecule has 3 rings (SSSR count). The van der Waals surface area contributed by atoms with Crippen molar-refractivity contribution in [1.29, 1.82) is 0 Å². The van der Waals surface area contributed by atoms with Crippen LogP contribution in [0.3, 0.4) is 0 Å². The summed E-state index contributed by atoms with van der Waals surface area (Å²) in [5, 5.41) is 27.2. The van der Waals surface area contributed by atoms with Crippen LogP contribution >= 0.6 is 0 Å². The largest absolute Gasteiger partial charge is 0.504 e. The van der Waals surface area contributed by atoms with Crippen LogP contribution in [0, 0.1) is 0 Å². The number of likely N-dealkylation sites (N-methyl/N-ethyl adjacent to an activating group) is 1. The topological polar surface area (TPSA) is 120 Å². The third-order valence-electron chi connectivity index (χ3n) is 4.64. The molecule has 1 fully saturated rings. The van der Waals surface area contributed by atoms with Crippen molar-refractivity contribution in [3.8, 4) is 23.0 Å². The van der Waals surface area contributed by atoms with Crippen molar-refractivity contribution in [1.82, 2.24) is 9.80 Å². The van der Waals surface area contributed by atoms with Crippen LogP contribution in [0.4, 0.5) is 0 Å². The maximum Gasteiger partial charge on any atom is 0.335 e. The van der Waals surface area contributed by atoms with Crippen molar-refractivity contribution < 1.29 is 34.4 Å². The average molecular weight is 418 g/mol. The van der Waals surface area contributed by atoms with E-state index in [1.165, 1.54) is 38.5 Å². The molecule has 1 amide bonds. The Morgan fingerprint density at radius 3 is 1.77 bits per heavy atom. The minimum absolute atomic E-state index is 0.0126. The zero-order valence-electron chi connectivity index (χ0n) is 17.2. The van der Waals surface area contributed by atoms with Crippen LogP contribution in [-0.4, -0.2) is 84.4 Å². The number of aromatic hydroxyl groups is 2. The maximum absolute atomic E-state index is 12.3. The molecule has 1 aliphatic rings. The fourth-order valence-electron chi connectivity index (χ4n) is 2.81. The monoisotopic (exact) mass is 418 g/mol. The minimum atomic E-state index is -1.05. The van der Waals surface area contributed by atoms with E-state index in [0.29, 0.717) is 11.3 Å². The van der Waals surface area contributed by atoms with Crippen molar-refractivity contribution >= 4 is 11.9 Å². The number of carbonyl (C=O) groups is 2. The Morgan fingerprint density at radius 2 is 1.30 bits per heavy atom. The number of rotatable bonds is 4. The predicted octanol–water partition coefficient (Wildman–Crippen LogP) is 1.89. The van der Waals surface area contributed by atoms with E-state index in [0.717, 1.165) is 26.2 Å². The molecular weight excluding hydrogens is 392 g/mol. The van der Waals surface area contributed by atoms with E-state index in [9.17, 15) is 14.7 Å². The third-order valence-corrected chi connectivity index (χ3v) is 4.64. The average Bonchev–Trinajstić information content (AvgIpc) is 2.74. The molecule has 0 aromatic heterocycles. The highest BCUT2D eigenvalue weighted by Crippen LogP contribution is 2.27. The predicted molar refractivity (Wildman–Crippen MR) is 110 cm³/mol. The van der Waals surface area contributed by atoms with E-state index < -0.39 is 5.97 Å². The van der Waals surface area contributed by atoms with Crippen molar-refractivity contribution in [2.24, 2.45) is 0 Å². The lowest BCUT2D eigenvalue weighted by Gasteiger charge is -2.32. The van der Waals surface area contributed by atoms with Gasteiger partial charge in [-0.3, -0.25) is 4.79 Å². The number of carboxylic acid groups (broad SMARTS) is 1. The molecule has 30 heavy (non-hydrogen) atoms. The molecule has 0 bridgehead atoms. The van der Waals surface area contributed by atoms with Crippen LogP contribution in [-0.2, 0) is 0 Å². The molecule has 0 aliphatic carbocycles. The van der Waals surface area contributed by atoms with Gasteiger partial charge in [0.25, 0.3) is 5.91 Å². The molecule has 0 saturated carbocycles. The van der Waals surface area contributed by atoms with E-state index >= 15 is 0 Å². The van der Waals surface area contributed by atoms with Gasteiger partial charge >= 0.3 is 5.97 Å². The van der Waals surface area contributed by atoms with Gasteiger partial charge in [-0.1, -0.05) is 0 Å². The molecule has 1 heterocycles. The fourth-order valence-corrected chi connectivity index (χ4v) is 2.81. The van der Waals surface area contributed by atoms with Gasteiger partial charge in [0.2, 0.25) is 0 Å². The summed E-state index contributed by atoms with van der Waals surface area (Å²) in [6.07, 6.45) is 0. The van der Waals surface area contributed by atoms with Crippen LogP contribution in [0.1, 0.15) is 20.7 Å².